The summed E-state index contributed by atoms with van der Waals surface area (Å²) in [5, 5.41) is 5.47. The second kappa shape index (κ2) is 12.0. The van der Waals surface area contributed by atoms with Crippen LogP contribution in [-0.2, 0) is 0 Å². The molecule has 11 aromatic rings. The Morgan fingerprint density at radius 1 is 0.396 bits per heavy atom. The predicted octanol–water partition coefficient (Wildman–Crippen LogP) is 13.1. The summed E-state index contributed by atoms with van der Waals surface area (Å²) in [5.74, 6) is 1.88. The zero-order chi connectivity index (χ0) is 34.9. The lowest BCUT2D eigenvalue weighted by Gasteiger charge is -2.10. The average molecular weight is 715 g/mol. The minimum Gasteiger partial charge on any atom is -0.456 e. The molecule has 0 aliphatic carbocycles. The van der Waals surface area contributed by atoms with Gasteiger partial charge in [-0.15, -0.1) is 22.7 Å². The van der Waals surface area contributed by atoms with Gasteiger partial charge in [-0.05, 0) is 53.6 Å². The highest BCUT2D eigenvalue weighted by atomic mass is 32.1. The van der Waals surface area contributed by atoms with Crippen molar-refractivity contribution >= 4 is 75.0 Å². The Balaban J connectivity index is 1.04. The van der Waals surface area contributed by atoms with Crippen molar-refractivity contribution in [3.8, 4) is 55.9 Å². The van der Waals surface area contributed by atoms with Gasteiger partial charge in [-0.1, -0.05) is 115 Å². The molecule has 11 rings (SSSR count). The number of rotatable bonds is 5. The van der Waals surface area contributed by atoms with Crippen LogP contribution in [0, 0.1) is 0 Å². The Labute approximate surface area is 311 Å². The first-order chi connectivity index (χ1) is 26.2. The van der Waals surface area contributed by atoms with Crippen LogP contribution in [0.1, 0.15) is 0 Å². The summed E-state index contributed by atoms with van der Waals surface area (Å²) in [6, 6.07) is 54.6. The number of hydrogen-bond donors (Lipinski definition) is 0. The van der Waals surface area contributed by atoms with Gasteiger partial charge in [-0.3, -0.25) is 0 Å². The van der Waals surface area contributed by atoms with Gasteiger partial charge < -0.3 is 4.42 Å². The molecule has 7 heteroatoms. The summed E-state index contributed by atoms with van der Waals surface area (Å²) in [6.45, 7) is 0. The molecule has 0 atom stereocenters. The number of nitrogens with zero attached hydrogens (tertiary/aromatic N) is 4. The molecule has 4 heterocycles. The van der Waals surface area contributed by atoms with Crippen molar-refractivity contribution in [2.45, 2.75) is 0 Å². The molecule has 0 unspecified atom stereocenters. The maximum atomic E-state index is 6.24. The molecule has 0 spiro atoms. The van der Waals surface area contributed by atoms with Gasteiger partial charge in [-0.25, -0.2) is 19.9 Å². The summed E-state index contributed by atoms with van der Waals surface area (Å²) in [5.41, 5.74) is 8.99. The van der Waals surface area contributed by atoms with Crippen molar-refractivity contribution in [1.29, 1.82) is 0 Å². The van der Waals surface area contributed by atoms with Crippen molar-refractivity contribution in [3.63, 3.8) is 0 Å². The standard InChI is InChI=1S/C46H26N4OS2/c1-2-10-28(11-3-1)43-48-44(33-14-9-18-38-41(33)32-12-4-6-17-37(32)51-38)50-45(49-43)34-15-8-13-31-35-26-30(24-25-39(35)52-42(31)34)27-20-22-29(23-21-27)46-47-36-16-5-7-19-40(36)53-46/h1-26H. The lowest BCUT2D eigenvalue weighted by Crippen LogP contribution is -2.00. The Morgan fingerprint density at radius 3 is 1.96 bits per heavy atom. The summed E-state index contributed by atoms with van der Waals surface area (Å²) >= 11 is 3.50. The molecule has 0 fully saturated rings. The van der Waals surface area contributed by atoms with Gasteiger partial charge in [0.15, 0.2) is 17.5 Å². The summed E-state index contributed by atoms with van der Waals surface area (Å²) in [6.07, 6.45) is 0. The quantitative estimate of drug-likeness (QED) is 0.178. The highest BCUT2D eigenvalue weighted by Crippen LogP contribution is 2.42. The number of furan rings is 1. The highest BCUT2D eigenvalue weighted by Gasteiger charge is 2.20. The number of benzene rings is 7. The van der Waals surface area contributed by atoms with E-state index in [1.165, 1.54) is 31.3 Å². The molecule has 0 aliphatic heterocycles. The minimum atomic E-state index is 0.612. The molecule has 0 radical (unpaired) electrons. The van der Waals surface area contributed by atoms with Crippen LogP contribution in [0.25, 0.3) is 108 Å². The van der Waals surface area contributed by atoms with Crippen LogP contribution in [0.2, 0.25) is 0 Å². The predicted molar refractivity (Wildman–Crippen MR) is 220 cm³/mol. The molecular weight excluding hydrogens is 689 g/mol. The third-order valence-corrected chi connectivity index (χ3v) is 12.1. The second-order valence-electron chi connectivity index (χ2n) is 13.0. The van der Waals surface area contributed by atoms with Gasteiger partial charge >= 0.3 is 0 Å². The molecule has 0 amide bonds. The minimum absolute atomic E-state index is 0.612. The van der Waals surface area contributed by atoms with E-state index in [1.807, 2.05) is 66.7 Å². The molecule has 53 heavy (non-hydrogen) atoms. The van der Waals surface area contributed by atoms with Gasteiger partial charge in [0, 0.05) is 53.2 Å². The first-order valence-corrected chi connectivity index (χ1v) is 19.0. The summed E-state index contributed by atoms with van der Waals surface area (Å²) in [7, 11) is 0. The van der Waals surface area contributed by atoms with Crippen molar-refractivity contribution in [2.24, 2.45) is 0 Å². The average Bonchev–Trinajstić information content (AvgIpc) is 3.94. The molecule has 248 valence electrons. The maximum Gasteiger partial charge on any atom is 0.165 e. The Bertz CT molecular complexity index is 3150. The third kappa shape index (κ3) is 5.04. The summed E-state index contributed by atoms with van der Waals surface area (Å²) < 4.78 is 9.81. The number of thiazole rings is 1. The Morgan fingerprint density at radius 2 is 1.08 bits per heavy atom. The fraction of sp³-hybridized carbons (Fsp3) is 0. The largest absolute Gasteiger partial charge is 0.456 e. The number of thiophene rings is 1. The van der Waals surface area contributed by atoms with E-state index in [0.717, 1.165) is 59.4 Å². The van der Waals surface area contributed by atoms with Crippen molar-refractivity contribution in [3.05, 3.63) is 158 Å². The molecule has 0 saturated carbocycles. The molecule has 0 bridgehead atoms. The van der Waals surface area contributed by atoms with E-state index in [9.17, 15) is 0 Å². The third-order valence-electron chi connectivity index (χ3n) is 9.81. The normalized spacial score (nSPS) is 11.8. The van der Waals surface area contributed by atoms with Crippen molar-refractivity contribution in [2.75, 3.05) is 0 Å². The first kappa shape index (κ1) is 30.1. The topological polar surface area (TPSA) is 64.7 Å². The Hall–Kier alpha value is -6.54. The number of aromatic nitrogens is 4. The van der Waals surface area contributed by atoms with E-state index >= 15 is 0 Å². The highest BCUT2D eigenvalue weighted by molar-refractivity contribution is 7.26. The van der Waals surface area contributed by atoms with Crippen LogP contribution in [0.5, 0.6) is 0 Å². The van der Waals surface area contributed by atoms with Gasteiger partial charge in [0.2, 0.25) is 0 Å². The zero-order valence-electron chi connectivity index (χ0n) is 28.0. The van der Waals surface area contributed by atoms with Crippen molar-refractivity contribution in [1.82, 2.24) is 19.9 Å². The molecule has 0 aliphatic rings. The van der Waals surface area contributed by atoms with E-state index < -0.39 is 0 Å². The fourth-order valence-electron chi connectivity index (χ4n) is 7.25. The van der Waals surface area contributed by atoms with E-state index in [1.54, 1.807) is 22.7 Å². The van der Waals surface area contributed by atoms with Gasteiger partial charge in [0.25, 0.3) is 0 Å². The number of fused-ring (bicyclic) bond motifs is 7. The van der Waals surface area contributed by atoms with Gasteiger partial charge in [0.1, 0.15) is 16.2 Å². The lowest BCUT2D eigenvalue weighted by molar-refractivity contribution is 0.669. The SMILES string of the molecule is c1ccc(-c2nc(-c3cccc4c3sc3ccc(-c5ccc(-c6nc7ccccc7s6)cc5)cc34)nc(-c3cccc4oc5ccccc5c34)n2)cc1. The van der Waals surface area contributed by atoms with Gasteiger partial charge in [-0.2, -0.15) is 0 Å². The van der Waals surface area contributed by atoms with Crippen molar-refractivity contribution < 1.29 is 4.42 Å². The number of para-hydroxylation sites is 2. The molecule has 7 aromatic carbocycles. The van der Waals surface area contributed by atoms with Gasteiger partial charge in [0.05, 0.1) is 10.2 Å². The fourth-order valence-corrected chi connectivity index (χ4v) is 9.41. The van der Waals surface area contributed by atoms with Crippen LogP contribution >= 0.6 is 22.7 Å². The zero-order valence-corrected chi connectivity index (χ0v) is 29.7. The molecule has 4 aromatic heterocycles. The first-order valence-electron chi connectivity index (χ1n) is 17.4. The summed E-state index contributed by atoms with van der Waals surface area (Å²) in [4.78, 5) is 20.3. The van der Waals surface area contributed by atoms with Crippen LogP contribution in [0.4, 0.5) is 0 Å². The number of hydrogen-bond acceptors (Lipinski definition) is 7. The molecule has 0 saturated heterocycles. The van der Waals surface area contributed by atoms with E-state index in [0.29, 0.717) is 17.5 Å². The van der Waals surface area contributed by atoms with E-state index in [4.69, 9.17) is 24.4 Å². The Kier molecular flexibility index (Phi) is 6.83. The van der Waals surface area contributed by atoms with E-state index in [-0.39, 0.29) is 0 Å². The molecule has 0 N–H and O–H groups in total. The van der Waals surface area contributed by atoms with Crippen LogP contribution in [0.15, 0.2) is 162 Å². The van der Waals surface area contributed by atoms with E-state index in [2.05, 4.69) is 91.0 Å². The van der Waals surface area contributed by atoms with Crippen LogP contribution in [-0.4, -0.2) is 19.9 Å². The molecule has 5 nitrogen and oxygen atoms in total. The monoisotopic (exact) mass is 714 g/mol. The maximum absolute atomic E-state index is 6.24. The lowest BCUT2D eigenvalue weighted by atomic mass is 10.0. The second-order valence-corrected chi connectivity index (χ2v) is 15.1. The van der Waals surface area contributed by atoms with Crippen LogP contribution in [0.3, 0.4) is 0 Å². The van der Waals surface area contributed by atoms with Crippen LogP contribution < -0.4 is 0 Å². The smallest absolute Gasteiger partial charge is 0.165 e. The molecular formula is C46H26N4OS2.